The average Bonchev–Trinajstić information content (AvgIpc) is 3.17. The molecule has 1 aliphatic rings. The Bertz CT molecular complexity index is 996. The maximum atomic E-state index is 12.3. The minimum atomic E-state index is -0.548. The first-order chi connectivity index (χ1) is 11.6. The van der Waals surface area contributed by atoms with Crippen molar-refractivity contribution in [1.29, 1.82) is 0 Å². The molecule has 0 amide bonds. The smallest absolute Gasteiger partial charge is 0.316 e. The lowest BCUT2D eigenvalue weighted by atomic mass is 10.2. The Morgan fingerprint density at radius 3 is 2.75 bits per heavy atom. The Morgan fingerprint density at radius 2 is 2.04 bits per heavy atom. The number of rotatable bonds is 4. The van der Waals surface area contributed by atoms with Crippen LogP contribution in [0.15, 0.2) is 57.0 Å². The molecule has 24 heavy (non-hydrogen) atoms. The summed E-state index contributed by atoms with van der Waals surface area (Å²) in [6.45, 7) is 2.16. The second-order valence-electron chi connectivity index (χ2n) is 6.30. The molecule has 1 fully saturated rings. The maximum absolute atomic E-state index is 12.3. The first-order valence-electron chi connectivity index (χ1n) is 7.76. The molecule has 1 aliphatic carbocycles. The van der Waals surface area contributed by atoms with E-state index in [0.29, 0.717) is 17.1 Å². The summed E-state index contributed by atoms with van der Waals surface area (Å²) < 4.78 is 8.16. The van der Waals surface area contributed by atoms with Gasteiger partial charge in [-0.2, -0.15) is 0 Å². The van der Waals surface area contributed by atoms with E-state index in [0.717, 1.165) is 12.8 Å². The minimum absolute atomic E-state index is 0.183. The molecule has 1 saturated carbocycles. The monoisotopic (exact) mass is 324 g/mol. The van der Waals surface area contributed by atoms with Crippen LogP contribution in [0.25, 0.3) is 11.5 Å². The summed E-state index contributed by atoms with van der Waals surface area (Å²) in [5, 5.41) is 3.96. The van der Waals surface area contributed by atoms with Crippen LogP contribution < -0.4 is 11.1 Å². The fraction of sp³-hybridized carbons (Fsp3) is 0.294. The van der Waals surface area contributed by atoms with E-state index < -0.39 is 11.1 Å². The van der Waals surface area contributed by atoms with Crippen LogP contribution in [-0.4, -0.2) is 19.3 Å². The van der Waals surface area contributed by atoms with Gasteiger partial charge >= 0.3 is 11.1 Å². The van der Waals surface area contributed by atoms with E-state index >= 15 is 0 Å². The summed E-state index contributed by atoms with van der Waals surface area (Å²) in [6, 6.07) is 7.21. The van der Waals surface area contributed by atoms with E-state index in [4.69, 9.17) is 4.52 Å². The van der Waals surface area contributed by atoms with E-state index in [9.17, 15) is 9.59 Å². The van der Waals surface area contributed by atoms with Crippen LogP contribution >= 0.6 is 0 Å². The van der Waals surface area contributed by atoms with Gasteiger partial charge < -0.3 is 13.7 Å². The topological polar surface area (TPSA) is 82.9 Å². The van der Waals surface area contributed by atoms with E-state index in [-0.39, 0.29) is 12.1 Å². The predicted octanol–water partition coefficient (Wildman–Crippen LogP) is 1.62. The van der Waals surface area contributed by atoms with Crippen molar-refractivity contribution in [3.8, 4) is 11.5 Å². The molecule has 0 atom stereocenters. The van der Waals surface area contributed by atoms with Crippen molar-refractivity contribution < 1.29 is 4.52 Å². The molecule has 7 heteroatoms. The normalized spacial score (nSPS) is 15.4. The fourth-order valence-electron chi connectivity index (χ4n) is 2.67. The van der Waals surface area contributed by atoms with Crippen LogP contribution in [0.2, 0.25) is 0 Å². The number of aromatic nitrogens is 4. The largest absolute Gasteiger partial charge is 0.354 e. The third-order valence-electron chi connectivity index (χ3n) is 4.42. The van der Waals surface area contributed by atoms with Crippen molar-refractivity contribution in [2.45, 2.75) is 31.8 Å². The average molecular weight is 324 g/mol. The SMILES string of the molecule is CC1(n2ccn(Cc3cc(-c4ccccn4)on3)c(=O)c2=O)CC1. The number of hydrogen-bond donors (Lipinski definition) is 0. The van der Waals surface area contributed by atoms with Gasteiger partial charge in [-0.25, -0.2) is 0 Å². The van der Waals surface area contributed by atoms with Crippen molar-refractivity contribution in [1.82, 2.24) is 19.3 Å². The molecule has 0 radical (unpaired) electrons. The molecule has 3 heterocycles. The molecule has 3 aromatic heterocycles. The number of hydrogen-bond acceptors (Lipinski definition) is 5. The Kier molecular flexibility index (Phi) is 3.23. The highest BCUT2D eigenvalue weighted by Gasteiger charge is 2.40. The molecular formula is C17H16N4O3. The molecule has 4 rings (SSSR count). The molecule has 0 N–H and O–H groups in total. The lowest BCUT2D eigenvalue weighted by molar-refractivity contribution is 0.418. The van der Waals surface area contributed by atoms with Crippen LogP contribution in [0.4, 0.5) is 0 Å². The Balaban J connectivity index is 1.63. The van der Waals surface area contributed by atoms with Crippen LogP contribution in [0.3, 0.4) is 0 Å². The molecule has 0 saturated heterocycles. The second kappa shape index (κ2) is 5.30. The van der Waals surface area contributed by atoms with Gasteiger partial charge in [0.1, 0.15) is 11.4 Å². The minimum Gasteiger partial charge on any atom is -0.354 e. The molecule has 0 aliphatic heterocycles. The van der Waals surface area contributed by atoms with Gasteiger partial charge in [-0.1, -0.05) is 11.2 Å². The molecule has 0 aromatic carbocycles. The van der Waals surface area contributed by atoms with Gasteiger partial charge in [-0.05, 0) is 31.9 Å². The summed E-state index contributed by atoms with van der Waals surface area (Å²) in [5.74, 6) is 0.525. The molecule has 0 unspecified atom stereocenters. The quantitative estimate of drug-likeness (QED) is 0.681. The van der Waals surface area contributed by atoms with Gasteiger partial charge in [0.2, 0.25) is 0 Å². The maximum Gasteiger partial charge on any atom is 0.316 e. The van der Waals surface area contributed by atoms with Gasteiger partial charge in [0.05, 0.1) is 6.54 Å². The van der Waals surface area contributed by atoms with Crippen molar-refractivity contribution in [3.05, 3.63) is 69.3 Å². The van der Waals surface area contributed by atoms with E-state index in [2.05, 4.69) is 10.1 Å². The van der Waals surface area contributed by atoms with Crippen molar-refractivity contribution >= 4 is 0 Å². The highest BCUT2D eigenvalue weighted by molar-refractivity contribution is 5.51. The van der Waals surface area contributed by atoms with Gasteiger partial charge in [0.15, 0.2) is 5.76 Å². The van der Waals surface area contributed by atoms with Gasteiger partial charge in [-0.15, -0.1) is 0 Å². The third kappa shape index (κ3) is 2.47. The van der Waals surface area contributed by atoms with Gasteiger partial charge in [-0.3, -0.25) is 14.6 Å². The molecule has 122 valence electrons. The zero-order valence-corrected chi connectivity index (χ0v) is 13.2. The molecule has 7 nitrogen and oxygen atoms in total. The van der Waals surface area contributed by atoms with Gasteiger partial charge in [0, 0.05) is 30.2 Å². The van der Waals surface area contributed by atoms with Crippen LogP contribution in [0.5, 0.6) is 0 Å². The highest BCUT2D eigenvalue weighted by atomic mass is 16.5. The zero-order chi connectivity index (χ0) is 16.7. The summed E-state index contributed by atoms with van der Waals surface area (Å²) in [4.78, 5) is 28.8. The van der Waals surface area contributed by atoms with Crippen molar-refractivity contribution in [2.75, 3.05) is 0 Å². The van der Waals surface area contributed by atoms with Crippen LogP contribution in [0.1, 0.15) is 25.5 Å². The van der Waals surface area contributed by atoms with Crippen molar-refractivity contribution in [3.63, 3.8) is 0 Å². The van der Waals surface area contributed by atoms with E-state index in [1.165, 1.54) is 9.13 Å². The lowest BCUT2D eigenvalue weighted by Crippen LogP contribution is -2.43. The Labute approximate surface area is 137 Å². The summed E-state index contributed by atoms with van der Waals surface area (Å²) in [5.41, 5.74) is -0.0118. The van der Waals surface area contributed by atoms with Crippen molar-refractivity contribution in [2.24, 2.45) is 0 Å². The van der Waals surface area contributed by atoms with Gasteiger partial charge in [0.25, 0.3) is 0 Å². The number of nitrogens with zero attached hydrogens (tertiary/aromatic N) is 4. The van der Waals surface area contributed by atoms with Crippen LogP contribution in [-0.2, 0) is 12.1 Å². The van der Waals surface area contributed by atoms with E-state index in [1.54, 1.807) is 24.7 Å². The first kappa shape index (κ1) is 14.6. The standard InChI is InChI=1S/C17H16N4O3/c1-17(5-6-17)21-9-8-20(15(22)16(21)23)11-12-10-14(24-19-12)13-4-2-3-7-18-13/h2-4,7-10H,5-6,11H2,1H3. The number of pyridine rings is 1. The van der Waals surface area contributed by atoms with Crippen LogP contribution in [0, 0.1) is 0 Å². The predicted molar refractivity (Wildman–Crippen MR) is 86.7 cm³/mol. The fourth-order valence-corrected chi connectivity index (χ4v) is 2.67. The first-order valence-corrected chi connectivity index (χ1v) is 7.76. The molecule has 0 bridgehead atoms. The highest BCUT2D eigenvalue weighted by Crippen LogP contribution is 2.41. The third-order valence-corrected chi connectivity index (χ3v) is 4.42. The zero-order valence-electron chi connectivity index (χ0n) is 13.2. The molecule has 3 aromatic rings. The van der Waals surface area contributed by atoms with E-state index in [1.807, 2.05) is 25.1 Å². The Hall–Kier alpha value is -2.96. The lowest BCUT2D eigenvalue weighted by Gasteiger charge is -2.13. The Morgan fingerprint density at radius 1 is 1.21 bits per heavy atom. The second-order valence-corrected chi connectivity index (χ2v) is 6.30. The summed E-state index contributed by atoms with van der Waals surface area (Å²) >= 11 is 0. The molecule has 0 spiro atoms. The molecular weight excluding hydrogens is 308 g/mol. The summed E-state index contributed by atoms with van der Waals surface area (Å²) in [6.07, 6.45) is 6.82. The summed E-state index contributed by atoms with van der Waals surface area (Å²) in [7, 11) is 0.